The molecular formula is C12H10F5N3S. The molecule has 0 radical (unpaired) electrons. The third-order valence-electron chi connectivity index (χ3n) is 2.53. The maximum atomic E-state index is 12.4. The van der Waals surface area contributed by atoms with Crippen molar-refractivity contribution in [2.75, 3.05) is 5.75 Å². The van der Waals surface area contributed by atoms with Gasteiger partial charge in [-0.05, 0) is 24.6 Å². The van der Waals surface area contributed by atoms with Gasteiger partial charge in [-0.2, -0.15) is 13.2 Å². The third kappa shape index (κ3) is 4.16. The van der Waals surface area contributed by atoms with Crippen molar-refractivity contribution in [3.63, 3.8) is 0 Å². The Morgan fingerprint density at radius 2 is 2.00 bits per heavy atom. The van der Waals surface area contributed by atoms with E-state index in [9.17, 15) is 22.0 Å². The van der Waals surface area contributed by atoms with E-state index in [1.165, 1.54) is 6.07 Å². The van der Waals surface area contributed by atoms with Gasteiger partial charge in [0.05, 0.1) is 11.4 Å². The minimum absolute atomic E-state index is 0.379. The van der Waals surface area contributed by atoms with Crippen LogP contribution in [0.4, 0.5) is 22.0 Å². The van der Waals surface area contributed by atoms with Crippen LogP contribution in [0.2, 0.25) is 0 Å². The second-order valence-corrected chi connectivity index (χ2v) is 5.22. The lowest BCUT2D eigenvalue weighted by atomic mass is 10.2. The van der Waals surface area contributed by atoms with Gasteiger partial charge in [-0.3, -0.25) is 0 Å². The SMILES string of the molecule is Cc1ccc(-n2cnc(C(F)F)n2)cc1SCC(F)(F)F. The van der Waals surface area contributed by atoms with Crippen molar-refractivity contribution in [3.8, 4) is 5.69 Å². The molecule has 1 heterocycles. The fourth-order valence-corrected chi connectivity index (χ4v) is 2.37. The third-order valence-corrected chi connectivity index (χ3v) is 3.75. The van der Waals surface area contributed by atoms with E-state index in [4.69, 9.17) is 0 Å². The minimum Gasteiger partial charge on any atom is -0.221 e. The molecule has 114 valence electrons. The summed E-state index contributed by atoms with van der Waals surface area (Å²) in [4.78, 5) is 3.86. The Hall–Kier alpha value is -1.64. The molecule has 0 fully saturated rings. The zero-order chi connectivity index (χ0) is 15.6. The maximum absolute atomic E-state index is 12.4. The van der Waals surface area contributed by atoms with Gasteiger partial charge >= 0.3 is 6.18 Å². The van der Waals surface area contributed by atoms with Gasteiger partial charge in [0.1, 0.15) is 6.33 Å². The highest BCUT2D eigenvalue weighted by molar-refractivity contribution is 7.99. The van der Waals surface area contributed by atoms with Gasteiger partial charge < -0.3 is 0 Å². The number of aryl methyl sites for hydroxylation is 1. The number of hydrogen-bond donors (Lipinski definition) is 0. The first kappa shape index (κ1) is 15.7. The van der Waals surface area contributed by atoms with Crippen LogP contribution in [0, 0.1) is 6.92 Å². The van der Waals surface area contributed by atoms with Crippen molar-refractivity contribution in [2.45, 2.75) is 24.4 Å². The predicted molar refractivity (Wildman–Crippen MR) is 67.8 cm³/mol. The monoisotopic (exact) mass is 323 g/mol. The molecule has 0 atom stereocenters. The van der Waals surface area contributed by atoms with E-state index in [1.54, 1.807) is 19.1 Å². The zero-order valence-corrected chi connectivity index (χ0v) is 11.6. The van der Waals surface area contributed by atoms with Crippen LogP contribution in [0.25, 0.3) is 5.69 Å². The van der Waals surface area contributed by atoms with Crippen molar-refractivity contribution in [2.24, 2.45) is 0 Å². The molecule has 0 bridgehead atoms. The van der Waals surface area contributed by atoms with Crippen molar-refractivity contribution in [1.29, 1.82) is 0 Å². The van der Waals surface area contributed by atoms with Crippen LogP contribution < -0.4 is 0 Å². The lowest BCUT2D eigenvalue weighted by Gasteiger charge is -2.10. The molecular weight excluding hydrogens is 313 g/mol. The van der Waals surface area contributed by atoms with Crippen LogP contribution in [0.1, 0.15) is 17.8 Å². The van der Waals surface area contributed by atoms with Gasteiger partial charge in [0.15, 0.2) is 0 Å². The smallest absolute Gasteiger partial charge is 0.221 e. The molecule has 0 aliphatic rings. The number of thioether (sulfide) groups is 1. The van der Waals surface area contributed by atoms with Gasteiger partial charge in [0.25, 0.3) is 6.43 Å². The highest BCUT2D eigenvalue weighted by Gasteiger charge is 2.27. The minimum atomic E-state index is -4.27. The Morgan fingerprint density at radius 3 is 2.57 bits per heavy atom. The van der Waals surface area contributed by atoms with Gasteiger partial charge in [-0.15, -0.1) is 16.9 Å². The quantitative estimate of drug-likeness (QED) is 0.625. The first-order valence-corrected chi connectivity index (χ1v) is 6.75. The molecule has 0 saturated heterocycles. The van der Waals surface area contributed by atoms with Crippen molar-refractivity contribution < 1.29 is 22.0 Å². The van der Waals surface area contributed by atoms with Gasteiger partial charge in [0, 0.05) is 4.90 Å². The van der Waals surface area contributed by atoms with E-state index < -0.39 is 24.2 Å². The summed E-state index contributed by atoms with van der Waals surface area (Å²) in [5.74, 6) is -1.64. The first-order valence-electron chi connectivity index (χ1n) is 5.76. The molecule has 0 unspecified atom stereocenters. The fraction of sp³-hybridized carbons (Fsp3) is 0.333. The summed E-state index contributed by atoms with van der Waals surface area (Å²) in [5.41, 5.74) is 1.05. The maximum Gasteiger partial charge on any atom is 0.398 e. The largest absolute Gasteiger partial charge is 0.398 e. The Labute approximate surface area is 121 Å². The summed E-state index contributed by atoms with van der Waals surface area (Å²) in [6.45, 7) is 1.68. The number of nitrogens with zero attached hydrogens (tertiary/aromatic N) is 3. The molecule has 1 aromatic carbocycles. The van der Waals surface area contributed by atoms with E-state index in [0.717, 1.165) is 11.0 Å². The molecule has 3 nitrogen and oxygen atoms in total. The highest BCUT2D eigenvalue weighted by atomic mass is 32.2. The average molecular weight is 323 g/mol. The summed E-state index contributed by atoms with van der Waals surface area (Å²) in [6, 6.07) is 4.66. The molecule has 1 aromatic heterocycles. The average Bonchev–Trinajstić information content (AvgIpc) is 2.86. The molecule has 0 amide bonds. The Bertz CT molecular complexity index is 624. The number of aromatic nitrogens is 3. The summed E-state index contributed by atoms with van der Waals surface area (Å²) in [6.07, 6.45) is -5.97. The van der Waals surface area contributed by atoms with Gasteiger partial charge in [-0.1, -0.05) is 6.07 Å². The predicted octanol–water partition coefficient (Wildman–Crippen LogP) is 4.17. The topological polar surface area (TPSA) is 30.7 Å². The van der Waals surface area contributed by atoms with Gasteiger partial charge in [-0.25, -0.2) is 18.4 Å². The number of benzene rings is 1. The Balaban J connectivity index is 2.25. The van der Waals surface area contributed by atoms with E-state index in [0.29, 0.717) is 27.9 Å². The summed E-state index contributed by atoms with van der Waals surface area (Å²) < 4.78 is 62.7. The second-order valence-electron chi connectivity index (χ2n) is 4.20. The van der Waals surface area contributed by atoms with Crippen LogP contribution in [-0.2, 0) is 0 Å². The molecule has 9 heteroatoms. The summed E-state index contributed by atoms with van der Waals surface area (Å²) in [5, 5.41) is 3.58. The molecule has 0 spiro atoms. The molecule has 0 N–H and O–H groups in total. The van der Waals surface area contributed by atoms with Crippen molar-refractivity contribution in [1.82, 2.24) is 14.8 Å². The lowest BCUT2D eigenvalue weighted by molar-refractivity contribution is -0.105. The molecule has 21 heavy (non-hydrogen) atoms. The van der Waals surface area contributed by atoms with Crippen LogP contribution in [0.5, 0.6) is 0 Å². The normalized spacial score (nSPS) is 12.1. The first-order chi connectivity index (χ1) is 9.76. The Morgan fingerprint density at radius 1 is 1.29 bits per heavy atom. The fourth-order valence-electron chi connectivity index (χ4n) is 1.55. The number of alkyl halides is 5. The second kappa shape index (κ2) is 6.00. The van der Waals surface area contributed by atoms with E-state index >= 15 is 0 Å². The summed E-state index contributed by atoms with van der Waals surface area (Å²) in [7, 11) is 0. The van der Waals surface area contributed by atoms with Crippen LogP contribution in [0.3, 0.4) is 0 Å². The number of hydrogen-bond acceptors (Lipinski definition) is 3. The molecule has 0 aliphatic carbocycles. The van der Waals surface area contributed by atoms with Crippen molar-refractivity contribution in [3.05, 3.63) is 35.9 Å². The molecule has 0 saturated carbocycles. The van der Waals surface area contributed by atoms with Gasteiger partial charge in [0.2, 0.25) is 5.82 Å². The van der Waals surface area contributed by atoms with Crippen LogP contribution in [-0.4, -0.2) is 26.7 Å². The Kier molecular flexibility index (Phi) is 4.50. The standard InChI is InChI=1S/C12H10F5N3S/c1-7-2-3-8(4-9(7)21-5-12(15,16)17)20-6-18-11(19-20)10(13)14/h2-4,6,10H,5H2,1H3. The molecule has 0 aliphatic heterocycles. The van der Waals surface area contributed by atoms with Crippen molar-refractivity contribution >= 4 is 11.8 Å². The van der Waals surface area contributed by atoms with E-state index in [-0.39, 0.29) is 0 Å². The van der Waals surface area contributed by atoms with E-state index in [2.05, 4.69) is 10.1 Å². The lowest BCUT2D eigenvalue weighted by Crippen LogP contribution is -2.10. The van der Waals surface area contributed by atoms with E-state index in [1.807, 2.05) is 0 Å². The van der Waals surface area contributed by atoms with Crippen LogP contribution in [0.15, 0.2) is 29.4 Å². The summed E-state index contributed by atoms with van der Waals surface area (Å²) >= 11 is 0.641. The molecule has 2 aromatic rings. The number of halogens is 5. The number of rotatable bonds is 4. The van der Waals surface area contributed by atoms with Crippen LogP contribution >= 0.6 is 11.8 Å². The zero-order valence-electron chi connectivity index (χ0n) is 10.7. The highest BCUT2D eigenvalue weighted by Crippen LogP contribution is 2.30. The molecule has 2 rings (SSSR count).